The molecule has 23 heavy (non-hydrogen) atoms. The zero-order chi connectivity index (χ0) is 16.2. The molecule has 0 aliphatic carbocycles. The Labute approximate surface area is 132 Å². The standard InChI is InChI=1S/C15H14N6O2/c1-16-14-7-6-13(21(22)23)15(19-14)18-11-2-4-12(5-3-11)20-9-8-17-10-20/h2-10H,1H3,(H2,16,18,19). The number of benzene rings is 1. The van der Waals surface area contributed by atoms with E-state index >= 15 is 0 Å². The fourth-order valence-corrected chi connectivity index (χ4v) is 2.10. The highest BCUT2D eigenvalue weighted by Gasteiger charge is 2.16. The Balaban J connectivity index is 1.88. The van der Waals surface area contributed by atoms with Crippen LogP contribution >= 0.6 is 0 Å². The lowest BCUT2D eigenvalue weighted by Gasteiger charge is -2.09. The molecule has 2 heterocycles. The number of hydrogen-bond acceptors (Lipinski definition) is 6. The molecule has 0 saturated carbocycles. The van der Waals surface area contributed by atoms with Crippen LogP contribution in [0.3, 0.4) is 0 Å². The van der Waals surface area contributed by atoms with E-state index in [1.54, 1.807) is 25.6 Å². The van der Waals surface area contributed by atoms with Gasteiger partial charge >= 0.3 is 5.69 Å². The van der Waals surface area contributed by atoms with E-state index in [0.717, 1.165) is 5.69 Å². The Kier molecular flexibility index (Phi) is 3.88. The van der Waals surface area contributed by atoms with Crippen LogP contribution < -0.4 is 10.6 Å². The molecule has 8 nitrogen and oxygen atoms in total. The second-order valence-electron chi connectivity index (χ2n) is 4.71. The fraction of sp³-hybridized carbons (Fsp3) is 0.0667. The van der Waals surface area contributed by atoms with Gasteiger partial charge in [0.25, 0.3) is 0 Å². The van der Waals surface area contributed by atoms with Gasteiger partial charge in [0.15, 0.2) is 0 Å². The lowest BCUT2D eigenvalue weighted by molar-refractivity contribution is -0.384. The second kappa shape index (κ2) is 6.14. The molecule has 1 aromatic carbocycles. The number of aromatic nitrogens is 3. The predicted molar refractivity (Wildman–Crippen MR) is 87.3 cm³/mol. The maximum atomic E-state index is 11.1. The van der Waals surface area contributed by atoms with Crippen LogP contribution in [-0.2, 0) is 0 Å². The molecule has 0 saturated heterocycles. The molecule has 0 atom stereocenters. The zero-order valence-electron chi connectivity index (χ0n) is 12.3. The van der Waals surface area contributed by atoms with Crippen LogP contribution in [0.2, 0.25) is 0 Å². The topological polar surface area (TPSA) is 97.9 Å². The van der Waals surface area contributed by atoms with E-state index in [2.05, 4.69) is 20.6 Å². The van der Waals surface area contributed by atoms with Gasteiger partial charge in [-0.25, -0.2) is 9.97 Å². The molecule has 0 bridgehead atoms. The maximum Gasteiger partial charge on any atom is 0.311 e. The summed E-state index contributed by atoms with van der Waals surface area (Å²) >= 11 is 0. The lowest BCUT2D eigenvalue weighted by atomic mass is 10.2. The first kappa shape index (κ1) is 14.5. The minimum Gasteiger partial charge on any atom is -0.373 e. The molecular weight excluding hydrogens is 296 g/mol. The summed E-state index contributed by atoms with van der Waals surface area (Å²) in [7, 11) is 1.71. The number of nitrogens with zero attached hydrogens (tertiary/aromatic N) is 4. The zero-order valence-corrected chi connectivity index (χ0v) is 12.3. The van der Waals surface area contributed by atoms with Gasteiger partial charge in [-0.2, -0.15) is 0 Å². The first-order chi connectivity index (χ1) is 11.2. The summed E-state index contributed by atoms with van der Waals surface area (Å²) in [5.74, 6) is 0.741. The van der Waals surface area contributed by atoms with Crippen LogP contribution in [-0.4, -0.2) is 26.5 Å². The molecule has 0 spiro atoms. The van der Waals surface area contributed by atoms with E-state index in [1.165, 1.54) is 6.07 Å². The van der Waals surface area contributed by atoms with Crippen molar-refractivity contribution in [2.45, 2.75) is 0 Å². The van der Waals surface area contributed by atoms with Gasteiger partial charge in [0, 0.05) is 36.9 Å². The van der Waals surface area contributed by atoms with E-state index in [-0.39, 0.29) is 11.5 Å². The van der Waals surface area contributed by atoms with Gasteiger partial charge in [0.2, 0.25) is 5.82 Å². The van der Waals surface area contributed by atoms with Crippen LogP contribution in [0.4, 0.5) is 23.0 Å². The SMILES string of the molecule is CNc1ccc([N+](=O)[O-])c(Nc2ccc(-n3ccnc3)cc2)n1. The molecule has 2 N–H and O–H groups in total. The summed E-state index contributed by atoms with van der Waals surface area (Å²) < 4.78 is 1.87. The summed E-state index contributed by atoms with van der Waals surface area (Å²) in [4.78, 5) is 18.8. The van der Waals surface area contributed by atoms with Crippen LogP contribution in [0.25, 0.3) is 5.69 Å². The van der Waals surface area contributed by atoms with Crippen LogP contribution in [0, 0.1) is 10.1 Å². The Morgan fingerprint density at radius 2 is 1.96 bits per heavy atom. The number of rotatable bonds is 5. The van der Waals surface area contributed by atoms with E-state index in [9.17, 15) is 10.1 Å². The third-order valence-corrected chi connectivity index (χ3v) is 3.26. The first-order valence-electron chi connectivity index (χ1n) is 6.86. The van der Waals surface area contributed by atoms with Crippen molar-refractivity contribution in [3.8, 4) is 5.69 Å². The van der Waals surface area contributed by atoms with Gasteiger partial charge in [-0.05, 0) is 30.3 Å². The van der Waals surface area contributed by atoms with Crippen molar-refractivity contribution >= 4 is 23.0 Å². The smallest absolute Gasteiger partial charge is 0.311 e. The van der Waals surface area contributed by atoms with E-state index in [0.29, 0.717) is 11.5 Å². The minimum atomic E-state index is -0.464. The van der Waals surface area contributed by atoms with Crippen molar-refractivity contribution in [1.29, 1.82) is 0 Å². The number of nitrogens with one attached hydrogen (secondary N) is 2. The molecule has 3 aromatic rings. The summed E-state index contributed by atoms with van der Waals surface area (Å²) in [5, 5.41) is 17.0. The predicted octanol–water partition coefficient (Wildman–Crippen LogP) is 2.96. The van der Waals surface area contributed by atoms with Crippen molar-refractivity contribution in [1.82, 2.24) is 14.5 Å². The van der Waals surface area contributed by atoms with Crippen molar-refractivity contribution < 1.29 is 4.92 Å². The van der Waals surface area contributed by atoms with Crippen molar-refractivity contribution in [3.63, 3.8) is 0 Å². The summed E-state index contributed by atoms with van der Waals surface area (Å²) in [5.41, 5.74) is 1.57. The lowest BCUT2D eigenvalue weighted by Crippen LogP contribution is -2.02. The number of pyridine rings is 1. The van der Waals surface area contributed by atoms with Crippen LogP contribution in [0.1, 0.15) is 0 Å². The average molecular weight is 310 g/mol. The first-order valence-corrected chi connectivity index (χ1v) is 6.86. The molecule has 3 rings (SSSR count). The molecule has 0 unspecified atom stereocenters. The molecule has 2 aromatic heterocycles. The van der Waals surface area contributed by atoms with Gasteiger partial charge in [0.05, 0.1) is 11.3 Å². The monoisotopic (exact) mass is 310 g/mol. The Morgan fingerprint density at radius 3 is 2.57 bits per heavy atom. The molecule has 116 valence electrons. The Morgan fingerprint density at radius 1 is 1.17 bits per heavy atom. The largest absolute Gasteiger partial charge is 0.373 e. The number of anilines is 3. The van der Waals surface area contributed by atoms with E-state index in [4.69, 9.17) is 0 Å². The van der Waals surface area contributed by atoms with Gasteiger partial charge in [-0.3, -0.25) is 10.1 Å². The third kappa shape index (κ3) is 3.10. The maximum absolute atomic E-state index is 11.1. The molecule has 0 aliphatic heterocycles. The summed E-state index contributed by atoms with van der Waals surface area (Å²) in [6.45, 7) is 0. The summed E-state index contributed by atoms with van der Waals surface area (Å²) in [6, 6.07) is 10.4. The van der Waals surface area contributed by atoms with Crippen LogP contribution in [0.5, 0.6) is 0 Å². The fourth-order valence-electron chi connectivity index (χ4n) is 2.10. The number of nitro groups is 1. The molecular formula is C15H14N6O2. The normalized spacial score (nSPS) is 10.3. The molecule has 0 aliphatic rings. The van der Waals surface area contributed by atoms with Crippen molar-refractivity contribution in [2.24, 2.45) is 0 Å². The Bertz CT molecular complexity index is 814. The molecule has 0 fully saturated rings. The Hall–Kier alpha value is -3.42. The van der Waals surface area contributed by atoms with E-state index in [1.807, 2.05) is 35.0 Å². The molecule has 0 radical (unpaired) electrons. The highest BCUT2D eigenvalue weighted by molar-refractivity contribution is 5.68. The quantitative estimate of drug-likeness (QED) is 0.555. The van der Waals surface area contributed by atoms with Crippen molar-refractivity contribution in [2.75, 3.05) is 17.7 Å². The van der Waals surface area contributed by atoms with Crippen LogP contribution in [0.15, 0.2) is 55.1 Å². The van der Waals surface area contributed by atoms with Crippen molar-refractivity contribution in [3.05, 3.63) is 65.2 Å². The number of hydrogen-bond donors (Lipinski definition) is 2. The highest BCUT2D eigenvalue weighted by atomic mass is 16.6. The highest BCUT2D eigenvalue weighted by Crippen LogP contribution is 2.27. The minimum absolute atomic E-state index is 0.0808. The average Bonchev–Trinajstić information content (AvgIpc) is 3.09. The second-order valence-corrected chi connectivity index (χ2v) is 4.71. The number of imidazole rings is 1. The third-order valence-electron chi connectivity index (χ3n) is 3.26. The van der Waals surface area contributed by atoms with Gasteiger partial charge in [-0.15, -0.1) is 0 Å². The van der Waals surface area contributed by atoms with Gasteiger partial charge in [0.1, 0.15) is 5.82 Å². The van der Waals surface area contributed by atoms with Gasteiger partial charge < -0.3 is 15.2 Å². The van der Waals surface area contributed by atoms with E-state index < -0.39 is 4.92 Å². The summed E-state index contributed by atoms with van der Waals surface area (Å²) in [6.07, 6.45) is 5.24. The van der Waals surface area contributed by atoms with Gasteiger partial charge in [-0.1, -0.05) is 0 Å². The molecule has 8 heteroatoms. The molecule has 0 amide bonds.